The van der Waals surface area contributed by atoms with E-state index in [2.05, 4.69) is 240 Å². The highest BCUT2D eigenvalue weighted by molar-refractivity contribution is 6.11. The van der Waals surface area contributed by atoms with E-state index in [0.717, 1.165) is 67.2 Å². The Bertz CT molecular complexity index is 3260. The number of hydrogen-bond donors (Lipinski definition) is 0. The molecule has 0 aliphatic rings. The van der Waals surface area contributed by atoms with Crippen LogP contribution < -0.4 is 9.80 Å². The SMILES string of the molecule is c1ccc(-c2ccc(-c3ccc(N(c4ccccc4)c4ccc(-c5ccc(N(c6cccc7ccccc67)c6cccc7c6oc6ccccc67)cc5)cc4)cc3)cc2)cc1. The second-order valence-electron chi connectivity index (χ2n) is 15.3. The fourth-order valence-corrected chi connectivity index (χ4v) is 8.64. The van der Waals surface area contributed by atoms with Crippen LogP contribution in [0.4, 0.5) is 34.1 Å². The van der Waals surface area contributed by atoms with Gasteiger partial charge in [0.15, 0.2) is 5.58 Å². The lowest BCUT2D eigenvalue weighted by atomic mass is 10.00. The van der Waals surface area contributed by atoms with Gasteiger partial charge < -0.3 is 14.2 Å². The minimum absolute atomic E-state index is 0.867. The van der Waals surface area contributed by atoms with Crippen LogP contribution in [0.3, 0.4) is 0 Å². The third kappa shape index (κ3) is 6.78. The summed E-state index contributed by atoms with van der Waals surface area (Å²) in [6.45, 7) is 0. The summed E-state index contributed by atoms with van der Waals surface area (Å²) in [7, 11) is 0. The average molecular weight is 781 g/mol. The Kier molecular flexibility index (Phi) is 9.18. The molecule has 3 heteroatoms. The maximum atomic E-state index is 6.61. The summed E-state index contributed by atoms with van der Waals surface area (Å²) in [5, 5.41) is 4.58. The van der Waals surface area contributed by atoms with Gasteiger partial charge in [-0.25, -0.2) is 0 Å². The Balaban J connectivity index is 0.919. The van der Waals surface area contributed by atoms with Gasteiger partial charge in [0.1, 0.15) is 5.58 Å². The van der Waals surface area contributed by atoms with Crippen molar-refractivity contribution in [2.24, 2.45) is 0 Å². The first kappa shape index (κ1) is 36.0. The fourth-order valence-electron chi connectivity index (χ4n) is 8.64. The van der Waals surface area contributed by atoms with Crippen molar-refractivity contribution in [1.29, 1.82) is 0 Å². The van der Waals surface area contributed by atoms with Gasteiger partial charge in [-0.15, -0.1) is 0 Å². The second kappa shape index (κ2) is 15.6. The van der Waals surface area contributed by atoms with Gasteiger partial charge in [0.25, 0.3) is 0 Å². The van der Waals surface area contributed by atoms with Gasteiger partial charge in [0.05, 0.1) is 11.4 Å². The van der Waals surface area contributed by atoms with Crippen LogP contribution in [-0.2, 0) is 0 Å². The first-order valence-electron chi connectivity index (χ1n) is 20.7. The van der Waals surface area contributed by atoms with Gasteiger partial charge in [-0.1, -0.05) is 176 Å². The molecule has 0 saturated carbocycles. The lowest BCUT2D eigenvalue weighted by Gasteiger charge is -2.27. The molecular formula is C58H40N2O. The van der Waals surface area contributed by atoms with Crippen LogP contribution in [-0.4, -0.2) is 0 Å². The van der Waals surface area contributed by atoms with Crippen LogP contribution in [0.15, 0.2) is 247 Å². The van der Waals surface area contributed by atoms with Gasteiger partial charge >= 0.3 is 0 Å². The van der Waals surface area contributed by atoms with E-state index >= 15 is 0 Å². The summed E-state index contributed by atoms with van der Waals surface area (Å²) in [5.74, 6) is 0. The molecule has 61 heavy (non-hydrogen) atoms. The molecule has 3 nitrogen and oxygen atoms in total. The number of furan rings is 1. The highest BCUT2D eigenvalue weighted by Gasteiger charge is 2.21. The molecule has 1 aromatic heterocycles. The van der Waals surface area contributed by atoms with Crippen LogP contribution in [0.2, 0.25) is 0 Å². The van der Waals surface area contributed by atoms with Gasteiger partial charge in [0, 0.05) is 38.9 Å². The topological polar surface area (TPSA) is 19.6 Å². The van der Waals surface area contributed by atoms with Gasteiger partial charge in [-0.05, 0) is 105 Å². The van der Waals surface area contributed by atoms with E-state index in [0.29, 0.717) is 0 Å². The summed E-state index contributed by atoms with van der Waals surface area (Å²) >= 11 is 0. The fraction of sp³-hybridized carbons (Fsp3) is 0. The van der Waals surface area contributed by atoms with E-state index < -0.39 is 0 Å². The molecular weight excluding hydrogens is 741 g/mol. The third-order valence-electron chi connectivity index (χ3n) is 11.7. The number of hydrogen-bond acceptors (Lipinski definition) is 3. The standard InChI is InChI=1S/C58H40N2O/c1-3-13-41(14-4-1)42-25-27-43(28-26-42)44-29-35-49(36-30-44)59(48-17-5-2-6-18-48)50-37-31-45(32-38-50)46-33-39-51(40-34-46)60(55-22-11-16-47-15-7-8-19-52(47)55)56-23-12-21-54-53-20-9-10-24-57(53)61-58(54)56/h1-40H. The van der Waals surface area contributed by atoms with Crippen molar-refractivity contribution in [3.05, 3.63) is 243 Å². The zero-order valence-corrected chi connectivity index (χ0v) is 33.4. The molecule has 0 radical (unpaired) electrons. The molecule has 1 heterocycles. The first-order chi connectivity index (χ1) is 30.2. The summed E-state index contributed by atoms with van der Waals surface area (Å²) in [4.78, 5) is 4.65. The molecule has 0 N–H and O–H groups in total. The second-order valence-corrected chi connectivity index (χ2v) is 15.3. The van der Waals surface area contributed by atoms with Crippen LogP contribution >= 0.6 is 0 Å². The summed E-state index contributed by atoms with van der Waals surface area (Å²) in [6, 6.07) is 86.4. The molecule has 0 fully saturated rings. The molecule has 288 valence electrons. The summed E-state index contributed by atoms with van der Waals surface area (Å²) < 4.78 is 6.61. The Labute approximate surface area is 355 Å². The molecule has 0 atom stereocenters. The zero-order valence-electron chi connectivity index (χ0n) is 33.4. The van der Waals surface area contributed by atoms with Crippen LogP contribution in [0.25, 0.3) is 66.1 Å². The van der Waals surface area contributed by atoms with Crippen LogP contribution in [0.5, 0.6) is 0 Å². The van der Waals surface area contributed by atoms with Crippen molar-refractivity contribution < 1.29 is 4.42 Å². The average Bonchev–Trinajstić information content (AvgIpc) is 3.73. The molecule has 0 amide bonds. The van der Waals surface area contributed by atoms with Crippen LogP contribution in [0, 0.1) is 0 Å². The molecule has 0 spiro atoms. The van der Waals surface area contributed by atoms with E-state index in [4.69, 9.17) is 4.42 Å². The molecule has 11 aromatic rings. The molecule has 0 saturated heterocycles. The van der Waals surface area contributed by atoms with E-state index in [9.17, 15) is 0 Å². The number of rotatable bonds is 9. The van der Waals surface area contributed by atoms with Gasteiger partial charge in [0.2, 0.25) is 0 Å². The van der Waals surface area contributed by atoms with E-state index in [1.54, 1.807) is 0 Å². The van der Waals surface area contributed by atoms with Crippen molar-refractivity contribution in [3.8, 4) is 33.4 Å². The minimum Gasteiger partial charge on any atom is -0.454 e. The van der Waals surface area contributed by atoms with Crippen molar-refractivity contribution in [2.75, 3.05) is 9.80 Å². The Hall–Kier alpha value is -8.14. The Morgan fingerprint density at radius 2 is 0.639 bits per heavy atom. The summed E-state index contributed by atoms with van der Waals surface area (Å²) in [5.41, 5.74) is 15.3. The number of nitrogens with zero attached hydrogens (tertiary/aromatic N) is 2. The van der Waals surface area contributed by atoms with E-state index in [1.807, 2.05) is 12.1 Å². The van der Waals surface area contributed by atoms with E-state index in [-0.39, 0.29) is 0 Å². The predicted molar refractivity (Wildman–Crippen MR) is 257 cm³/mol. The smallest absolute Gasteiger partial charge is 0.159 e. The Morgan fingerprint density at radius 1 is 0.246 bits per heavy atom. The maximum Gasteiger partial charge on any atom is 0.159 e. The molecule has 0 aliphatic heterocycles. The largest absolute Gasteiger partial charge is 0.454 e. The monoisotopic (exact) mass is 780 g/mol. The lowest BCUT2D eigenvalue weighted by Crippen LogP contribution is -2.10. The molecule has 10 aromatic carbocycles. The number of anilines is 6. The Morgan fingerprint density at radius 3 is 1.25 bits per heavy atom. The van der Waals surface area contributed by atoms with Gasteiger partial charge in [-0.2, -0.15) is 0 Å². The minimum atomic E-state index is 0.867. The van der Waals surface area contributed by atoms with Crippen molar-refractivity contribution in [3.63, 3.8) is 0 Å². The molecule has 0 aliphatic carbocycles. The number of para-hydroxylation sites is 3. The van der Waals surface area contributed by atoms with Gasteiger partial charge in [-0.3, -0.25) is 0 Å². The zero-order chi connectivity index (χ0) is 40.5. The highest BCUT2D eigenvalue weighted by atomic mass is 16.3. The van der Waals surface area contributed by atoms with Crippen molar-refractivity contribution in [1.82, 2.24) is 0 Å². The van der Waals surface area contributed by atoms with Crippen molar-refractivity contribution >= 4 is 66.8 Å². The van der Waals surface area contributed by atoms with Crippen molar-refractivity contribution in [2.45, 2.75) is 0 Å². The molecule has 11 rings (SSSR count). The quantitative estimate of drug-likeness (QED) is 0.145. The number of benzene rings is 10. The molecule has 0 bridgehead atoms. The normalized spacial score (nSPS) is 11.3. The molecule has 0 unspecified atom stereocenters. The third-order valence-corrected chi connectivity index (χ3v) is 11.7. The van der Waals surface area contributed by atoms with E-state index in [1.165, 1.54) is 33.0 Å². The predicted octanol–water partition coefficient (Wildman–Crippen LogP) is 16.7. The highest BCUT2D eigenvalue weighted by Crippen LogP contribution is 2.45. The maximum absolute atomic E-state index is 6.61. The summed E-state index contributed by atoms with van der Waals surface area (Å²) in [6.07, 6.45) is 0. The van der Waals surface area contributed by atoms with Crippen LogP contribution in [0.1, 0.15) is 0 Å². The number of fused-ring (bicyclic) bond motifs is 4. The first-order valence-corrected chi connectivity index (χ1v) is 20.7. The lowest BCUT2D eigenvalue weighted by molar-refractivity contribution is 0.669.